The summed E-state index contributed by atoms with van der Waals surface area (Å²) in [7, 11) is 0. The van der Waals surface area contributed by atoms with Crippen molar-refractivity contribution in [3.8, 4) is 0 Å². The summed E-state index contributed by atoms with van der Waals surface area (Å²) in [5.41, 5.74) is 0. The SMILES string of the molecule is O.[K+].[O]=[Mn](=[O])(=[O])[O-]. The molecular weight excluding hydrogens is 174 g/mol. The van der Waals surface area contributed by atoms with Gasteiger partial charge in [0.1, 0.15) is 0 Å². The molecule has 2 N–H and O–H groups in total. The van der Waals surface area contributed by atoms with Crippen LogP contribution in [0.5, 0.6) is 0 Å². The molecule has 0 aromatic rings. The molecule has 0 rings (SSSR count). The van der Waals surface area contributed by atoms with E-state index in [9.17, 15) is 0 Å². The Balaban J connectivity index is -0.0000000800. The first kappa shape index (κ1) is 15.8. The minimum atomic E-state index is -5.62. The molecule has 0 unspecified atom stereocenters. The van der Waals surface area contributed by atoms with Crippen LogP contribution in [0.25, 0.3) is 0 Å². The van der Waals surface area contributed by atoms with E-state index in [0.717, 1.165) is 0 Å². The molecule has 7 heavy (non-hydrogen) atoms. The predicted octanol–water partition coefficient (Wildman–Crippen LogP) is -5.37. The van der Waals surface area contributed by atoms with E-state index in [2.05, 4.69) is 0 Å². The van der Waals surface area contributed by atoms with Crippen LogP contribution in [0, 0.1) is 0 Å². The van der Waals surface area contributed by atoms with E-state index >= 15 is 0 Å². The number of hydrogen-bond donors (Lipinski definition) is 0. The van der Waals surface area contributed by atoms with E-state index in [-0.39, 0.29) is 56.9 Å². The summed E-state index contributed by atoms with van der Waals surface area (Å²) >= 11 is -5.62. The zero-order valence-corrected chi connectivity index (χ0v) is 7.81. The van der Waals surface area contributed by atoms with Gasteiger partial charge in [-0.25, -0.2) is 0 Å². The molecular formula is H2KMnO5. The molecule has 0 fully saturated rings. The van der Waals surface area contributed by atoms with Gasteiger partial charge in [0.25, 0.3) is 0 Å². The van der Waals surface area contributed by atoms with Crippen molar-refractivity contribution in [2.45, 2.75) is 0 Å². The second-order valence-corrected chi connectivity index (χ2v) is 1.56. The third-order valence-corrected chi connectivity index (χ3v) is 0. The van der Waals surface area contributed by atoms with Crippen molar-refractivity contribution in [3.05, 3.63) is 0 Å². The van der Waals surface area contributed by atoms with Gasteiger partial charge in [0, 0.05) is 0 Å². The third kappa shape index (κ3) is 103. The second kappa shape index (κ2) is 5.61. The van der Waals surface area contributed by atoms with Crippen LogP contribution in [-0.4, -0.2) is 5.48 Å². The minimum absolute atomic E-state index is 0. The summed E-state index contributed by atoms with van der Waals surface area (Å²) in [4.78, 5) is 0. The molecule has 0 spiro atoms. The summed E-state index contributed by atoms with van der Waals surface area (Å²) < 4.78 is 34.3. The molecule has 0 aromatic heterocycles. The standard InChI is InChI=1S/K.Mn.H2O.4O/h;;1H2;;;;/q+1;;;;;;-1. The molecule has 5 nitrogen and oxygen atoms in total. The normalized spacial score (nSPS) is 8.14. The fourth-order valence-electron chi connectivity index (χ4n) is 0. The molecule has 0 aliphatic carbocycles. The van der Waals surface area contributed by atoms with Crippen molar-refractivity contribution in [3.63, 3.8) is 0 Å². The average molecular weight is 176 g/mol. The van der Waals surface area contributed by atoms with Crippen molar-refractivity contribution in [1.29, 1.82) is 0 Å². The van der Waals surface area contributed by atoms with Gasteiger partial charge in [0.2, 0.25) is 0 Å². The van der Waals surface area contributed by atoms with Gasteiger partial charge in [-0.3, -0.25) is 0 Å². The van der Waals surface area contributed by atoms with E-state index in [1.54, 1.807) is 0 Å². The number of hydrogen-bond acceptors (Lipinski definition) is 4. The van der Waals surface area contributed by atoms with Gasteiger partial charge in [-0.15, -0.1) is 0 Å². The quantitative estimate of drug-likeness (QED) is 0.343. The molecule has 0 aliphatic heterocycles. The molecule has 0 aliphatic rings. The van der Waals surface area contributed by atoms with Crippen LogP contribution in [0.1, 0.15) is 0 Å². The fraction of sp³-hybridized carbons (Fsp3) is 0. The fourth-order valence-corrected chi connectivity index (χ4v) is 0. The van der Waals surface area contributed by atoms with Crippen LogP contribution in [0.4, 0.5) is 0 Å². The van der Waals surface area contributed by atoms with Crippen molar-refractivity contribution >= 4 is 0 Å². The maximum absolute atomic E-state index is 8.58. The summed E-state index contributed by atoms with van der Waals surface area (Å²) in [5.74, 6) is 0. The Morgan fingerprint density at radius 1 is 1.14 bits per heavy atom. The van der Waals surface area contributed by atoms with Gasteiger partial charge in [-0.2, -0.15) is 0 Å². The molecule has 0 radical (unpaired) electrons. The van der Waals surface area contributed by atoms with E-state index in [4.69, 9.17) is 15.7 Å². The Morgan fingerprint density at radius 3 is 1.14 bits per heavy atom. The Morgan fingerprint density at radius 2 is 1.14 bits per heavy atom. The zero-order chi connectivity index (χ0) is 4.50. The molecule has 7 heteroatoms. The molecule has 0 atom stereocenters. The van der Waals surface area contributed by atoms with Crippen molar-refractivity contribution in [2.24, 2.45) is 0 Å². The Hall–Kier alpha value is 1.48. The number of rotatable bonds is 0. The summed E-state index contributed by atoms with van der Waals surface area (Å²) in [6.07, 6.45) is 0. The van der Waals surface area contributed by atoms with Crippen molar-refractivity contribution < 1.29 is 85.5 Å². The van der Waals surface area contributed by atoms with Gasteiger partial charge in [-0.1, -0.05) is 0 Å². The summed E-state index contributed by atoms with van der Waals surface area (Å²) in [6, 6.07) is 0. The van der Waals surface area contributed by atoms with Gasteiger partial charge in [0.15, 0.2) is 0 Å². The first-order valence-corrected chi connectivity index (χ1v) is 2.54. The zero-order valence-electron chi connectivity index (χ0n) is 3.51. The first-order chi connectivity index (χ1) is 2.00. The van der Waals surface area contributed by atoms with Crippen molar-refractivity contribution in [1.82, 2.24) is 0 Å². The van der Waals surface area contributed by atoms with Gasteiger partial charge in [-0.05, 0) is 0 Å². The molecule has 0 bridgehead atoms. The summed E-state index contributed by atoms with van der Waals surface area (Å²) in [6.45, 7) is 0. The molecule has 0 aromatic carbocycles. The van der Waals surface area contributed by atoms with E-state index < -0.39 is 13.0 Å². The van der Waals surface area contributed by atoms with E-state index in [0.29, 0.717) is 0 Å². The van der Waals surface area contributed by atoms with Crippen LogP contribution in [0.3, 0.4) is 0 Å². The van der Waals surface area contributed by atoms with Crippen LogP contribution >= 0.6 is 0 Å². The molecule has 0 saturated heterocycles. The molecule has 0 heterocycles. The monoisotopic (exact) mass is 176 g/mol. The predicted molar refractivity (Wildman–Crippen MR) is 5.67 cm³/mol. The van der Waals surface area contributed by atoms with Crippen LogP contribution < -0.4 is 55.6 Å². The molecule has 40 valence electrons. The van der Waals surface area contributed by atoms with Gasteiger partial charge in [0.05, 0.1) is 0 Å². The summed E-state index contributed by atoms with van der Waals surface area (Å²) in [5, 5.41) is 0. The first-order valence-electron chi connectivity index (χ1n) is 0.617. The van der Waals surface area contributed by atoms with Crippen LogP contribution in [-0.2, 0) is 24.5 Å². The Kier molecular flexibility index (Phi) is 12.7. The third-order valence-electron chi connectivity index (χ3n) is 0. The molecule has 0 saturated carbocycles. The van der Waals surface area contributed by atoms with Crippen LogP contribution in [0.15, 0.2) is 0 Å². The van der Waals surface area contributed by atoms with E-state index in [1.165, 1.54) is 0 Å². The van der Waals surface area contributed by atoms with Gasteiger partial charge >= 0.3 is 80.0 Å². The maximum atomic E-state index is 8.58. The van der Waals surface area contributed by atoms with Gasteiger partial charge < -0.3 is 5.48 Å². The van der Waals surface area contributed by atoms with E-state index in [1.807, 2.05) is 0 Å². The molecule has 0 amide bonds. The second-order valence-electron chi connectivity index (χ2n) is 0.378. The topological polar surface area (TPSA) is 106 Å². The average Bonchev–Trinajstić information content (AvgIpc) is 0.722. The Bertz CT molecular complexity index is 129. The van der Waals surface area contributed by atoms with Crippen molar-refractivity contribution in [2.75, 3.05) is 0 Å². The van der Waals surface area contributed by atoms with Crippen LogP contribution in [0.2, 0.25) is 0 Å². The Labute approximate surface area is 84.0 Å².